The summed E-state index contributed by atoms with van der Waals surface area (Å²) in [5.74, 6) is 0. The van der Waals surface area contributed by atoms with Crippen LogP contribution in [-0.2, 0) is 18.2 Å². The number of rotatable bonds is 8. The predicted molar refractivity (Wildman–Crippen MR) is 49.3 cm³/mol. The van der Waals surface area contributed by atoms with Crippen molar-refractivity contribution in [3.8, 4) is 0 Å². The Bertz CT molecular complexity index is 145. The second-order valence-corrected chi connectivity index (χ2v) is 3.68. The van der Waals surface area contributed by atoms with Gasteiger partial charge in [0.25, 0.3) is 0 Å². The van der Waals surface area contributed by atoms with E-state index < -0.39 is 22.8 Å². The van der Waals surface area contributed by atoms with Gasteiger partial charge < -0.3 is 19.3 Å². The van der Waals surface area contributed by atoms with Gasteiger partial charge in [-0.1, -0.05) is 0 Å². The first kappa shape index (κ1) is 13.3. The van der Waals surface area contributed by atoms with Crippen LogP contribution in [0.1, 0.15) is 0 Å². The van der Waals surface area contributed by atoms with Crippen LogP contribution in [0, 0.1) is 5.41 Å². The van der Waals surface area contributed by atoms with Gasteiger partial charge in [-0.25, -0.2) is 0 Å². The van der Waals surface area contributed by atoms with Crippen LogP contribution in [0.2, 0.25) is 0 Å². The molecule has 0 aromatic rings. The Morgan fingerprint density at radius 1 is 1.00 bits per heavy atom. The van der Waals surface area contributed by atoms with E-state index in [4.69, 9.17) is 10.2 Å². The minimum Gasteiger partial charge on any atom is -0.396 e. The van der Waals surface area contributed by atoms with Gasteiger partial charge in [0.1, 0.15) is 0 Å². The van der Waals surface area contributed by atoms with Gasteiger partial charge in [0, 0.05) is 0 Å². The normalized spacial score (nSPS) is 13.7. The summed E-state index contributed by atoms with van der Waals surface area (Å²) in [6.07, 6.45) is 0. The lowest BCUT2D eigenvalue weighted by molar-refractivity contribution is -0.0126. The van der Waals surface area contributed by atoms with Gasteiger partial charge in [0.05, 0.1) is 31.8 Å². The van der Waals surface area contributed by atoms with Crippen LogP contribution in [0.15, 0.2) is 0 Å². The zero-order chi connectivity index (χ0) is 10.2. The lowest BCUT2D eigenvalue weighted by Crippen LogP contribution is -2.38. The Kier molecular flexibility index (Phi) is 7.86. The Balaban J connectivity index is 4.11. The van der Waals surface area contributed by atoms with Crippen molar-refractivity contribution in [2.24, 2.45) is 5.41 Å². The van der Waals surface area contributed by atoms with Crippen LogP contribution in [-0.4, -0.2) is 36.6 Å². The fourth-order valence-corrected chi connectivity index (χ4v) is 1.54. The summed E-state index contributed by atoms with van der Waals surface area (Å²) in [6, 6.07) is 0. The fourth-order valence-electron chi connectivity index (χ4n) is 0.696. The van der Waals surface area contributed by atoms with Crippen LogP contribution in [0.25, 0.3) is 0 Å². The molecule has 0 aromatic carbocycles. The van der Waals surface area contributed by atoms with Crippen molar-refractivity contribution in [1.82, 2.24) is 0 Å². The number of aliphatic hydroxyl groups is 2. The molecule has 0 spiro atoms. The SMILES string of the molecule is O=[PH2]OCC(CO)(CO)CO[PH2]=O. The maximum Gasteiger partial charge on any atom is 0.179 e. The minimum absolute atomic E-state index is 0.0712. The third kappa shape index (κ3) is 4.91. The minimum atomic E-state index is -1.38. The lowest BCUT2D eigenvalue weighted by atomic mass is 9.93. The van der Waals surface area contributed by atoms with Gasteiger partial charge in [0.15, 0.2) is 17.4 Å². The fraction of sp³-hybridized carbons (Fsp3) is 1.00. The van der Waals surface area contributed by atoms with Gasteiger partial charge in [-0.2, -0.15) is 0 Å². The highest BCUT2D eigenvalue weighted by Gasteiger charge is 2.29. The van der Waals surface area contributed by atoms with E-state index in [-0.39, 0.29) is 26.4 Å². The molecule has 8 heteroatoms. The molecule has 2 unspecified atom stereocenters. The van der Waals surface area contributed by atoms with Crippen molar-refractivity contribution in [3.05, 3.63) is 0 Å². The van der Waals surface area contributed by atoms with Crippen LogP contribution >= 0.6 is 17.4 Å². The molecule has 0 aromatic heterocycles. The summed E-state index contributed by atoms with van der Waals surface area (Å²) in [5, 5.41) is 17.8. The third-order valence-corrected chi connectivity index (χ3v) is 2.19. The summed E-state index contributed by atoms with van der Waals surface area (Å²) in [4.78, 5) is 0. The smallest absolute Gasteiger partial charge is 0.179 e. The molecule has 6 nitrogen and oxygen atoms in total. The van der Waals surface area contributed by atoms with Crippen LogP contribution < -0.4 is 0 Å². The monoisotopic (exact) mass is 232 g/mol. The Morgan fingerprint density at radius 3 is 1.62 bits per heavy atom. The molecule has 0 heterocycles. The highest BCUT2D eigenvalue weighted by Crippen LogP contribution is 2.20. The van der Waals surface area contributed by atoms with Crippen molar-refractivity contribution >= 4 is 17.4 Å². The lowest BCUT2D eigenvalue weighted by Gasteiger charge is -2.26. The molecule has 13 heavy (non-hydrogen) atoms. The van der Waals surface area contributed by atoms with Crippen molar-refractivity contribution in [2.75, 3.05) is 26.4 Å². The summed E-state index contributed by atoms with van der Waals surface area (Å²) in [5.41, 5.74) is -1.01. The number of hydrogen-bond donors (Lipinski definition) is 2. The summed E-state index contributed by atoms with van der Waals surface area (Å²) in [7, 11) is -2.76. The van der Waals surface area contributed by atoms with Crippen LogP contribution in [0.3, 0.4) is 0 Å². The quantitative estimate of drug-likeness (QED) is 0.539. The highest BCUT2D eigenvalue weighted by molar-refractivity contribution is 7.17. The highest BCUT2D eigenvalue weighted by atomic mass is 31.1. The maximum absolute atomic E-state index is 10.1. The van der Waals surface area contributed by atoms with Crippen molar-refractivity contribution < 1.29 is 28.4 Å². The Morgan fingerprint density at radius 2 is 1.38 bits per heavy atom. The van der Waals surface area contributed by atoms with Crippen molar-refractivity contribution in [2.45, 2.75) is 0 Å². The van der Waals surface area contributed by atoms with E-state index in [1.807, 2.05) is 0 Å². The van der Waals surface area contributed by atoms with Gasteiger partial charge in [-0.15, -0.1) is 0 Å². The average molecular weight is 232 g/mol. The van der Waals surface area contributed by atoms with E-state index in [0.717, 1.165) is 0 Å². The van der Waals surface area contributed by atoms with Gasteiger partial charge in [-0.05, 0) is 0 Å². The van der Waals surface area contributed by atoms with E-state index in [1.165, 1.54) is 0 Å². The van der Waals surface area contributed by atoms with E-state index in [0.29, 0.717) is 0 Å². The molecule has 0 saturated heterocycles. The summed E-state index contributed by atoms with van der Waals surface area (Å²) >= 11 is 0. The van der Waals surface area contributed by atoms with Crippen LogP contribution in [0.5, 0.6) is 0 Å². The van der Waals surface area contributed by atoms with E-state index in [9.17, 15) is 9.13 Å². The van der Waals surface area contributed by atoms with Gasteiger partial charge in [-0.3, -0.25) is 9.13 Å². The van der Waals surface area contributed by atoms with Crippen molar-refractivity contribution in [3.63, 3.8) is 0 Å². The Hall–Kier alpha value is 0.300. The summed E-state index contributed by atoms with van der Waals surface area (Å²) < 4.78 is 29.4. The first-order valence-corrected chi connectivity index (χ1v) is 5.45. The van der Waals surface area contributed by atoms with Gasteiger partial charge in [0.2, 0.25) is 0 Å². The second-order valence-electron chi connectivity index (χ2n) is 2.63. The molecule has 0 aliphatic carbocycles. The summed E-state index contributed by atoms with van der Waals surface area (Å²) in [6.45, 7) is -0.888. The first-order chi connectivity index (χ1) is 6.24. The van der Waals surface area contributed by atoms with E-state index in [1.54, 1.807) is 0 Å². The van der Waals surface area contributed by atoms with E-state index >= 15 is 0 Å². The molecule has 80 valence electrons. The first-order valence-electron chi connectivity index (χ1n) is 3.57. The molecular weight excluding hydrogens is 218 g/mol. The standard InChI is InChI=1S/C5H14O6P2/c6-1-5(2-7,3-10-12-8)4-11-13-9/h6-7H,1-4,12-13H2. The zero-order valence-electron chi connectivity index (χ0n) is 7.01. The Labute approximate surface area is 78.4 Å². The average Bonchev–Trinajstić information content (AvgIpc) is 2.20. The molecule has 0 amide bonds. The maximum atomic E-state index is 10.1. The predicted octanol–water partition coefficient (Wildman–Crippen LogP) is -0.667. The molecule has 0 bridgehead atoms. The molecule has 0 aliphatic heterocycles. The number of hydrogen-bond acceptors (Lipinski definition) is 6. The third-order valence-electron chi connectivity index (χ3n) is 1.59. The largest absolute Gasteiger partial charge is 0.396 e. The molecule has 2 N–H and O–H groups in total. The van der Waals surface area contributed by atoms with Crippen molar-refractivity contribution in [1.29, 1.82) is 0 Å². The molecule has 0 fully saturated rings. The molecule has 0 radical (unpaired) electrons. The molecule has 2 atom stereocenters. The molecule has 0 aliphatic rings. The second kappa shape index (κ2) is 7.68. The zero-order valence-corrected chi connectivity index (χ0v) is 9.32. The molecule has 0 saturated carbocycles. The molecular formula is C5H14O6P2. The van der Waals surface area contributed by atoms with E-state index in [2.05, 4.69) is 9.05 Å². The van der Waals surface area contributed by atoms with Gasteiger partial charge >= 0.3 is 0 Å². The molecule has 0 rings (SSSR count). The van der Waals surface area contributed by atoms with Crippen LogP contribution in [0.4, 0.5) is 0 Å². The topological polar surface area (TPSA) is 93.1 Å². The number of aliphatic hydroxyl groups excluding tert-OH is 2.